The molecule has 0 bridgehead atoms. The van der Waals surface area contributed by atoms with Crippen LogP contribution < -0.4 is 4.74 Å². The van der Waals surface area contributed by atoms with E-state index in [0.717, 1.165) is 51.0 Å². The summed E-state index contributed by atoms with van der Waals surface area (Å²) in [5.41, 5.74) is 5.44. The van der Waals surface area contributed by atoms with Gasteiger partial charge in [0.05, 0.1) is 12.7 Å². The molecule has 3 nitrogen and oxygen atoms in total. The summed E-state index contributed by atoms with van der Waals surface area (Å²) in [6.07, 6.45) is 0.838. The number of rotatable bonds is 2. The molecule has 1 aliphatic rings. The van der Waals surface area contributed by atoms with Gasteiger partial charge in [0, 0.05) is 27.6 Å². The Morgan fingerprint density at radius 2 is 1.92 bits per heavy atom. The van der Waals surface area contributed by atoms with Crippen molar-refractivity contribution in [2.75, 3.05) is 7.11 Å². The number of nitrogens with one attached hydrogen (secondary N) is 1. The van der Waals surface area contributed by atoms with E-state index in [-0.39, 0.29) is 11.2 Å². The number of carbonyl (C=O) groups excluding carboxylic acids is 1. The summed E-state index contributed by atoms with van der Waals surface area (Å²) in [7, 11) is 1.69. The number of aryl methyl sites for hydroxylation is 1. The Morgan fingerprint density at radius 3 is 2.62 bits per heavy atom. The molecule has 0 fully saturated rings. The van der Waals surface area contributed by atoms with Crippen LogP contribution >= 0.6 is 0 Å². The third-order valence-electron chi connectivity index (χ3n) is 5.28. The Kier molecular flexibility index (Phi) is 3.11. The van der Waals surface area contributed by atoms with Crippen molar-refractivity contribution in [3.8, 4) is 5.75 Å². The van der Waals surface area contributed by atoms with Crippen molar-refractivity contribution in [1.82, 2.24) is 4.98 Å². The first-order valence-corrected chi connectivity index (χ1v) is 8.36. The van der Waals surface area contributed by atoms with E-state index in [4.69, 9.17) is 4.74 Å². The van der Waals surface area contributed by atoms with Crippen molar-refractivity contribution in [2.45, 2.75) is 32.6 Å². The van der Waals surface area contributed by atoms with Gasteiger partial charge in [-0.15, -0.1) is 0 Å². The molecule has 0 radical (unpaired) electrons. The van der Waals surface area contributed by atoms with E-state index in [0.29, 0.717) is 0 Å². The lowest BCUT2D eigenvalue weighted by atomic mass is 9.70. The molecule has 4 rings (SSSR count). The first-order chi connectivity index (χ1) is 11.5. The maximum atomic E-state index is 13.3. The van der Waals surface area contributed by atoms with Crippen LogP contribution in [0.2, 0.25) is 0 Å². The quantitative estimate of drug-likeness (QED) is 0.749. The monoisotopic (exact) mass is 319 g/mol. The molecule has 3 heteroatoms. The minimum absolute atomic E-state index is 0.106. The van der Waals surface area contributed by atoms with Gasteiger partial charge in [-0.05, 0) is 35.7 Å². The van der Waals surface area contributed by atoms with E-state index >= 15 is 0 Å². The van der Waals surface area contributed by atoms with Crippen LogP contribution in [-0.2, 0) is 11.8 Å². The number of ketones is 1. The minimum atomic E-state index is -0.281. The molecule has 0 amide bonds. The van der Waals surface area contributed by atoms with Gasteiger partial charge in [-0.3, -0.25) is 4.79 Å². The van der Waals surface area contributed by atoms with Gasteiger partial charge in [-0.1, -0.05) is 39.0 Å². The molecule has 24 heavy (non-hydrogen) atoms. The zero-order valence-electron chi connectivity index (χ0n) is 14.5. The van der Waals surface area contributed by atoms with Gasteiger partial charge >= 0.3 is 0 Å². The molecule has 0 saturated carbocycles. The third kappa shape index (κ3) is 1.81. The number of hydrogen-bond acceptors (Lipinski definition) is 2. The van der Waals surface area contributed by atoms with Crippen LogP contribution in [0.5, 0.6) is 5.75 Å². The molecule has 1 heterocycles. The van der Waals surface area contributed by atoms with E-state index in [1.54, 1.807) is 7.11 Å². The smallest absolute Gasteiger partial charge is 0.195 e. The van der Waals surface area contributed by atoms with Crippen LogP contribution in [0.3, 0.4) is 0 Å². The predicted molar refractivity (Wildman–Crippen MR) is 96.2 cm³/mol. The molecule has 1 aliphatic carbocycles. The number of benzene rings is 2. The molecule has 1 aromatic heterocycles. The maximum absolute atomic E-state index is 13.3. The lowest BCUT2D eigenvalue weighted by molar-refractivity contribution is 0.103. The molecule has 3 aromatic rings. The van der Waals surface area contributed by atoms with Gasteiger partial charge in [0.2, 0.25) is 0 Å². The van der Waals surface area contributed by atoms with E-state index in [9.17, 15) is 4.79 Å². The van der Waals surface area contributed by atoms with Gasteiger partial charge in [0.25, 0.3) is 0 Å². The Labute approximate surface area is 141 Å². The molecular formula is C21H21NO2. The average molecular weight is 319 g/mol. The molecule has 122 valence electrons. The van der Waals surface area contributed by atoms with Gasteiger partial charge < -0.3 is 9.72 Å². The standard InChI is InChI=1S/C21H21NO2/c1-5-12-10-14-15(11-17(12)24-4)21(2,3)20-18(19(14)23)13-8-6-7-9-16(13)22-20/h6-11,22H,5H2,1-4H3. The number of carbonyl (C=O) groups is 1. The van der Waals surface area contributed by atoms with Gasteiger partial charge in [0.15, 0.2) is 5.78 Å². The van der Waals surface area contributed by atoms with Crippen LogP contribution in [0.15, 0.2) is 36.4 Å². The second kappa shape index (κ2) is 4.97. The Hall–Kier alpha value is -2.55. The number of hydrogen-bond donors (Lipinski definition) is 1. The van der Waals surface area contributed by atoms with Crippen LogP contribution in [0.1, 0.15) is 53.5 Å². The summed E-state index contributed by atoms with van der Waals surface area (Å²) in [6.45, 7) is 6.41. The molecular weight excluding hydrogens is 298 g/mol. The van der Waals surface area contributed by atoms with Crippen LogP contribution in [0.4, 0.5) is 0 Å². The lowest BCUT2D eigenvalue weighted by Crippen LogP contribution is -2.30. The molecule has 0 aliphatic heterocycles. The fourth-order valence-electron chi connectivity index (χ4n) is 3.91. The highest BCUT2D eigenvalue weighted by Gasteiger charge is 2.40. The zero-order chi connectivity index (χ0) is 17.1. The zero-order valence-corrected chi connectivity index (χ0v) is 14.5. The Morgan fingerprint density at radius 1 is 1.17 bits per heavy atom. The summed E-state index contributed by atoms with van der Waals surface area (Å²) in [5.74, 6) is 0.964. The molecule has 0 saturated heterocycles. The van der Waals surface area contributed by atoms with Crippen molar-refractivity contribution >= 4 is 16.7 Å². The lowest BCUT2D eigenvalue weighted by Gasteiger charge is -2.33. The predicted octanol–water partition coefficient (Wildman–Crippen LogP) is 4.61. The van der Waals surface area contributed by atoms with Crippen LogP contribution in [0, 0.1) is 0 Å². The number of methoxy groups -OCH3 is 1. The first kappa shape index (κ1) is 15.0. The van der Waals surface area contributed by atoms with Crippen LogP contribution in [-0.4, -0.2) is 17.9 Å². The van der Waals surface area contributed by atoms with E-state index in [1.807, 2.05) is 36.4 Å². The SMILES string of the molecule is CCc1cc2c(cc1OC)C(C)(C)c1[nH]c3ccccc3c1C2=O. The minimum Gasteiger partial charge on any atom is -0.496 e. The fraction of sp³-hybridized carbons (Fsp3) is 0.286. The molecule has 0 spiro atoms. The van der Waals surface area contributed by atoms with E-state index in [1.165, 1.54) is 0 Å². The van der Waals surface area contributed by atoms with Gasteiger partial charge in [0.1, 0.15) is 5.75 Å². The topological polar surface area (TPSA) is 42.1 Å². The van der Waals surface area contributed by atoms with Crippen molar-refractivity contribution in [2.24, 2.45) is 0 Å². The first-order valence-electron chi connectivity index (χ1n) is 8.36. The molecule has 0 unspecified atom stereocenters. The van der Waals surface area contributed by atoms with Crippen molar-refractivity contribution in [3.63, 3.8) is 0 Å². The van der Waals surface area contributed by atoms with Crippen LogP contribution in [0.25, 0.3) is 10.9 Å². The number of H-pyrrole nitrogens is 1. The average Bonchev–Trinajstić information content (AvgIpc) is 2.99. The second-order valence-corrected chi connectivity index (χ2v) is 6.94. The van der Waals surface area contributed by atoms with E-state index in [2.05, 4.69) is 25.8 Å². The highest BCUT2D eigenvalue weighted by atomic mass is 16.5. The fourth-order valence-corrected chi connectivity index (χ4v) is 3.91. The number of aromatic nitrogens is 1. The van der Waals surface area contributed by atoms with E-state index < -0.39 is 0 Å². The summed E-state index contributed by atoms with van der Waals surface area (Å²) >= 11 is 0. The summed E-state index contributed by atoms with van der Waals surface area (Å²) in [4.78, 5) is 16.8. The summed E-state index contributed by atoms with van der Waals surface area (Å²) < 4.78 is 5.56. The maximum Gasteiger partial charge on any atom is 0.195 e. The number of aromatic amines is 1. The summed E-state index contributed by atoms with van der Waals surface area (Å²) in [5, 5.41) is 1.00. The number of para-hydroxylation sites is 1. The van der Waals surface area contributed by atoms with Gasteiger partial charge in [-0.25, -0.2) is 0 Å². The van der Waals surface area contributed by atoms with Crippen molar-refractivity contribution in [1.29, 1.82) is 0 Å². The highest BCUT2D eigenvalue weighted by molar-refractivity contribution is 6.20. The van der Waals surface area contributed by atoms with Crippen molar-refractivity contribution in [3.05, 3.63) is 64.3 Å². The Balaban J connectivity index is 2.08. The molecule has 2 aromatic carbocycles. The highest BCUT2D eigenvalue weighted by Crippen LogP contribution is 2.45. The summed E-state index contributed by atoms with van der Waals surface area (Å²) in [6, 6.07) is 12.1. The number of ether oxygens (including phenoxy) is 1. The molecule has 0 atom stereocenters. The number of fused-ring (bicyclic) bond motifs is 4. The largest absolute Gasteiger partial charge is 0.496 e. The van der Waals surface area contributed by atoms with Gasteiger partial charge in [-0.2, -0.15) is 0 Å². The van der Waals surface area contributed by atoms with Crippen molar-refractivity contribution < 1.29 is 9.53 Å². The third-order valence-corrected chi connectivity index (χ3v) is 5.28. The Bertz CT molecular complexity index is 979. The normalized spacial score (nSPS) is 15.2. The molecule has 1 N–H and O–H groups in total. The second-order valence-electron chi connectivity index (χ2n) is 6.94.